The van der Waals surface area contributed by atoms with Crippen molar-refractivity contribution in [1.29, 1.82) is 0 Å². The van der Waals surface area contributed by atoms with Crippen LogP contribution >= 0.6 is 11.6 Å². The standard InChI is InChI=1S/C16H19ClN2/c1-2-12-6-7-16(19-11-12)10-15(18)9-13-4-3-5-14(17)8-13/h3-8,11,15H,2,9-10,18H2,1H3. The fourth-order valence-corrected chi connectivity index (χ4v) is 2.31. The third-order valence-electron chi connectivity index (χ3n) is 3.15. The van der Waals surface area contributed by atoms with Gasteiger partial charge >= 0.3 is 0 Å². The topological polar surface area (TPSA) is 38.9 Å². The van der Waals surface area contributed by atoms with Gasteiger partial charge in [0.1, 0.15) is 0 Å². The Hall–Kier alpha value is -1.38. The highest BCUT2D eigenvalue weighted by atomic mass is 35.5. The second kappa shape index (κ2) is 6.69. The van der Waals surface area contributed by atoms with Crippen LogP contribution in [0.3, 0.4) is 0 Å². The molecule has 2 N–H and O–H groups in total. The van der Waals surface area contributed by atoms with Gasteiger partial charge in [-0.3, -0.25) is 4.98 Å². The lowest BCUT2D eigenvalue weighted by Gasteiger charge is -2.11. The Labute approximate surface area is 119 Å². The number of hydrogen-bond acceptors (Lipinski definition) is 2. The van der Waals surface area contributed by atoms with E-state index in [4.69, 9.17) is 17.3 Å². The smallest absolute Gasteiger partial charge is 0.0419 e. The van der Waals surface area contributed by atoms with E-state index in [-0.39, 0.29) is 6.04 Å². The number of nitrogens with two attached hydrogens (primary N) is 1. The van der Waals surface area contributed by atoms with Crippen molar-refractivity contribution < 1.29 is 0 Å². The van der Waals surface area contributed by atoms with Gasteiger partial charge in [-0.2, -0.15) is 0 Å². The summed E-state index contributed by atoms with van der Waals surface area (Å²) in [5.74, 6) is 0. The maximum absolute atomic E-state index is 6.18. The van der Waals surface area contributed by atoms with Crippen LogP contribution in [-0.4, -0.2) is 11.0 Å². The molecule has 0 fully saturated rings. The number of rotatable bonds is 5. The molecule has 0 saturated heterocycles. The second-order valence-electron chi connectivity index (χ2n) is 4.81. The van der Waals surface area contributed by atoms with Gasteiger partial charge in [-0.25, -0.2) is 0 Å². The summed E-state index contributed by atoms with van der Waals surface area (Å²) in [5.41, 5.74) is 9.65. The SMILES string of the molecule is CCc1ccc(CC(N)Cc2cccc(Cl)c2)nc1. The van der Waals surface area contributed by atoms with E-state index in [0.717, 1.165) is 30.0 Å². The van der Waals surface area contributed by atoms with E-state index in [1.807, 2.05) is 24.4 Å². The monoisotopic (exact) mass is 274 g/mol. The summed E-state index contributed by atoms with van der Waals surface area (Å²) < 4.78 is 0. The lowest BCUT2D eigenvalue weighted by Crippen LogP contribution is -2.25. The van der Waals surface area contributed by atoms with Gasteiger partial charge in [0.15, 0.2) is 0 Å². The fourth-order valence-electron chi connectivity index (χ4n) is 2.09. The molecule has 1 aromatic heterocycles. The highest BCUT2D eigenvalue weighted by molar-refractivity contribution is 6.30. The molecule has 19 heavy (non-hydrogen) atoms. The molecule has 0 radical (unpaired) electrons. The Morgan fingerprint density at radius 1 is 1.16 bits per heavy atom. The largest absolute Gasteiger partial charge is 0.327 e. The van der Waals surface area contributed by atoms with E-state index in [1.54, 1.807) is 0 Å². The molecule has 1 atom stereocenters. The van der Waals surface area contributed by atoms with Crippen LogP contribution in [0.4, 0.5) is 0 Å². The molecule has 0 saturated carbocycles. The summed E-state index contributed by atoms with van der Waals surface area (Å²) >= 11 is 5.97. The normalized spacial score (nSPS) is 12.4. The van der Waals surface area contributed by atoms with Crippen LogP contribution in [0.5, 0.6) is 0 Å². The van der Waals surface area contributed by atoms with Crippen LogP contribution in [0.15, 0.2) is 42.6 Å². The lowest BCUT2D eigenvalue weighted by atomic mass is 10.0. The van der Waals surface area contributed by atoms with Crippen molar-refractivity contribution in [3.05, 3.63) is 64.4 Å². The Balaban J connectivity index is 1.95. The summed E-state index contributed by atoms with van der Waals surface area (Å²) in [5, 5.41) is 0.759. The van der Waals surface area contributed by atoms with Crippen molar-refractivity contribution in [2.75, 3.05) is 0 Å². The summed E-state index contributed by atoms with van der Waals surface area (Å²) in [7, 11) is 0. The van der Waals surface area contributed by atoms with Gasteiger partial charge < -0.3 is 5.73 Å². The molecule has 3 heteroatoms. The molecule has 100 valence electrons. The van der Waals surface area contributed by atoms with Crippen molar-refractivity contribution in [2.45, 2.75) is 32.2 Å². The minimum absolute atomic E-state index is 0.0680. The third-order valence-corrected chi connectivity index (χ3v) is 3.39. The highest BCUT2D eigenvalue weighted by Gasteiger charge is 2.07. The molecule has 1 unspecified atom stereocenters. The predicted octanol–water partition coefficient (Wildman–Crippen LogP) is 3.41. The molecule has 1 aromatic carbocycles. The quantitative estimate of drug-likeness (QED) is 0.907. The van der Waals surface area contributed by atoms with Crippen molar-refractivity contribution in [3.8, 4) is 0 Å². The zero-order chi connectivity index (χ0) is 13.7. The maximum atomic E-state index is 6.18. The van der Waals surface area contributed by atoms with E-state index < -0.39 is 0 Å². The lowest BCUT2D eigenvalue weighted by molar-refractivity contribution is 0.654. The molecule has 0 spiro atoms. The van der Waals surface area contributed by atoms with Gasteiger partial charge in [-0.05, 0) is 42.2 Å². The average Bonchev–Trinajstić information content (AvgIpc) is 2.39. The number of hydrogen-bond donors (Lipinski definition) is 1. The van der Waals surface area contributed by atoms with Crippen LogP contribution in [-0.2, 0) is 19.3 Å². The molecule has 2 nitrogen and oxygen atoms in total. The summed E-state index contributed by atoms with van der Waals surface area (Å²) in [6.45, 7) is 2.13. The molecule has 2 aromatic rings. The van der Waals surface area contributed by atoms with E-state index in [0.29, 0.717) is 0 Å². The first-order chi connectivity index (χ1) is 9.17. The van der Waals surface area contributed by atoms with Crippen molar-refractivity contribution in [2.24, 2.45) is 5.73 Å². The van der Waals surface area contributed by atoms with Crippen LogP contribution in [0.2, 0.25) is 5.02 Å². The van der Waals surface area contributed by atoms with Crippen molar-refractivity contribution >= 4 is 11.6 Å². The van der Waals surface area contributed by atoms with E-state index in [9.17, 15) is 0 Å². The molecule has 0 aliphatic heterocycles. The van der Waals surface area contributed by atoms with Crippen LogP contribution in [0.1, 0.15) is 23.7 Å². The van der Waals surface area contributed by atoms with Gasteiger partial charge in [0.2, 0.25) is 0 Å². The van der Waals surface area contributed by atoms with Crippen molar-refractivity contribution in [1.82, 2.24) is 4.98 Å². The molecule has 0 bridgehead atoms. The predicted molar refractivity (Wildman–Crippen MR) is 80.5 cm³/mol. The number of halogens is 1. The number of benzene rings is 1. The van der Waals surface area contributed by atoms with E-state index in [1.165, 1.54) is 11.1 Å². The number of aryl methyl sites for hydroxylation is 1. The average molecular weight is 275 g/mol. The van der Waals surface area contributed by atoms with E-state index in [2.05, 4.69) is 30.1 Å². The number of aromatic nitrogens is 1. The fraction of sp³-hybridized carbons (Fsp3) is 0.312. The minimum Gasteiger partial charge on any atom is -0.327 e. The van der Waals surface area contributed by atoms with Crippen LogP contribution < -0.4 is 5.73 Å². The Morgan fingerprint density at radius 3 is 2.63 bits per heavy atom. The molecule has 0 aliphatic carbocycles. The van der Waals surface area contributed by atoms with Gasteiger partial charge in [-0.1, -0.05) is 36.7 Å². The van der Waals surface area contributed by atoms with Gasteiger partial charge in [0.05, 0.1) is 0 Å². The highest BCUT2D eigenvalue weighted by Crippen LogP contribution is 2.13. The molecular weight excluding hydrogens is 256 g/mol. The van der Waals surface area contributed by atoms with Crippen LogP contribution in [0.25, 0.3) is 0 Å². The molecular formula is C16H19ClN2. The first-order valence-electron chi connectivity index (χ1n) is 6.61. The number of pyridine rings is 1. The van der Waals surface area contributed by atoms with Gasteiger partial charge in [0, 0.05) is 29.4 Å². The van der Waals surface area contributed by atoms with E-state index >= 15 is 0 Å². The molecule has 0 amide bonds. The summed E-state index contributed by atoms with van der Waals surface area (Å²) in [6, 6.07) is 12.1. The molecule has 0 aliphatic rings. The zero-order valence-electron chi connectivity index (χ0n) is 11.1. The maximum Gasteiger partial charge on any atom is 0.0419 e. The number of nitrogens with zero attached hydrogens (tertiary/aromatic N) is 1. The Bertz CT molecular complexity index is 523. The minimum atomic E-state index is 0.0680. The van der Waals surface area contributed by atoms with Crippen LogP contribution in [0, 0.1) is 0 Å². The van der Waals surface area contributed by atoms with Gasteiger partial charge in [0.25, 0.3) is 0 Å². The van der Waals surface area contributed by atoms with Crippen molar-refractivity contribution in [3.63, 3.8) is 0 Å². The molecule has 1 heterocycles. The Morgan fingerprint density at radius 2 is 2.00 bits per heavy atom. The third kappa shape index (κ3) is 4.34. The molecule has 2 rings (SSSR count). The first-order valence-corrected chi connectivity index (χ1v) is 6.99. The first kappa shape index (κ1) is 14.0. The summed E-state index contributed by atoms with van der Waals surface area (Å²) in [6.07, 6.45) is 4.55. The second-order valence-corrected chi connectivity index (χ2v) is 5.25. The Kier molecular flexibility index (Phi) is 4.94. The summed E-state index contributed by atoms with van der Waals surface area (Å²) in [4.78, 5) is 4.44. The van der Waals surface area contributed by atoms with Gasteiger partial charge in [-0.15, -0.1) is 0 Å². The zero-order valence-corrected chi connectivity index (χ0v) is 11.9.